The molecule has 4 heteroatoms. The minimum absolute atomic E-state index is 0.272. The first kappa shape index (κ1) is 15.9. The summed E-state index contributed by atoms with van der Waals surface area (Å²) in [7, 11) is -3.02. The molecule has 0 fully saturated rings. The maximum atomic E-state index is 11.6. The summed E-state index contributed by atoms with van der Waals surface area (Å²) in [6.07, 6.45) is 6.23. The zero-order valence-electron chi connectivity index (χ0n) is 11.0. The Kier molecular flexibility index (Phi) is 8.94. The molecule has 0 bridgehead atoms. The van der Waals surface area contributed by atoms with Gasteiger partial charge in [0, 0.05) is 6.54 Å². The van der Waals surface area contributed by atoms with E-state index in [4.69, 9.17) is 0 Å². The monoisotopic (exact) mass is 249 g/mol. The number of hydrogen-bond acceptors (Lipinski definition) is 2. The van der Waals surface area contributed by atoms with Crippen LogP contribution in [0.15, 0.2) is 0 Å². The fourth-order valence-electron chi connectivity index (χ4n) is 1.59. The molecule has 0 saturated heterocycles. The van der Waals surface area contributed by atoms with Gasteiger partial charge in [-0.1, -0.05) is 46.5 Å². The summed E-state index contributed by atoms with van der Waals surface area (Å²) in [6.45, 7) is 6.91. The largest absolute Gasteiger partial charge is 0.215 e. The van der Waals surface area contributed by atoms with E-state index in [9.17, 15) is 8.42 Å². The lowest BCUT2D eigenvalue weighted by Gasteiger charge is -2.15. The first-order chi connectivity index (χ1) is 7.55. The summed E-state index contributed by atoms with van der Waals surface area (Å²) in [5, 5.41) is 0. The standard InChI is InChI=1S/C12H27NO2S/c1-4-7-9-12(6-3)11-13-16(14,15)10-8-5-2/h12-13H,4-11H2,1-3H3. The molecule has 0 aromatic rings. The molecule has 0 aliphatic rings. The third-order valence-corrected chi connectivity index (χ3v) is 4.33. The fraction of sp³-hybridized carbons (Fsp3) is 1.00. The lowest BCUT2D eigenvalue weighted by molar-refractivity contribution is 0.443. The van der Waals surface area contributed by atoms with Gasteiger partial charge in [-0.3, -0.25) is 0 Å². The van der Waals surface area contributed by atoms with E-state index in [2.05, 4.69) is 18.6 Å². The van der Waals surface area contributed by atoms with Crippen LogP contribution >= 0.6 is 0 Å². The van der Waals surface area contributed by atoms with Crippen molar-refractivity contribution in [3.8, 4) is 0 Å². The van der Waals surface area contributed by atoms with Gasteiger partial charge in [-0.15, -0.1) is 0 Å². The van der Waals surface area contributed by atoms with E-state index >= 15 is 0 Å². The molecule has 1 N–H and O–H groups in total. The molecular weight excluding hydrogens is 222 g/mol. The van der Waals surface area contributed by atoms with Crippen LogP contribution in [0.3, 0.4) is 0 Å². The van der Waals surface area contributed by atoms with Gasteiger partial charge in [-0.25, -0.2) is 13.1 Å². The number of rotatable bonds is 10. The van der Waals surface area contributed by atoms with Crippen LogP contribution in [0.1, 0.15) is 59.3 Å². The Morgan fingerprint density at radius 3 is 2.19 bits per heavy atom. The van der Waals surface area contributed by atoms with E-state index in [1.54, 1.807) is 0 Å². The van der Waals surface area contributed by atoms with Crippen LogP contribution in [0.5, 0.6) is 0 Å². The van der Waals surface area contributed by atoms with Crippen molar-refractivity contribution in [2.24, 2.45) is 5.92 Å². The SMILES string of the molecule is CCCCC(CC)CNS(=O)(=O)CCCC. The molecule has 0 aromatic carbocycles. The van der Waals surface area contributed by atoms with Crippen molar-refractivity contribution in [2.75, 3.05) is 12.3 Å². The van der Waals surface area contributed by atoms with Crippen molar-refractivity contribution in [3.05, 3.63) is 0 Å². The Bertz CT molecular complexity index is 250. The van der Waals surface area contributed by atoms with E-state index in [0.717, 1.165) is 25.7 Å². The topological polar surface area (TPSA) is 46.2 Å². The molecule has 0 heterocycles. The highest BCUT2D eigenvalue weighted by molar-refractivity contribution is 7.89. The summed E-state index contributed by atoms with van der Waals surface area (Å²) in [5.41, 5.74) is 0. The predicted molar refractivity (Wildman–Crippen MR) is 70.0 cm³/mol. The Balaban J connectivity index is 3.90. The molecule has 0 radical (unpaired) electrons. The first-order valence-corrected chi connectivity index (χ1v) is 8.18. The Morgan fingerprint density at radius 2 is 1.69 bits per heavy atom. The number of hydrogen-bond donors (Lipinski definition) is 1. The summed E-state index contributed by atoms with van der Waals surface area (Å²) in [6, 6.07) is 0. The van der Waals surface area contributed by atoms with Crippen LogP contribution in [0.25, 0.3) is 0 Å². The average Bonchev–Trinajstić information content (AvgIpc) is 2.27. The van der Waals surface area contributed by atoms with Gasteiger partial charge in [0.15, 0.2) is 0 Å². The Labute approximate surface area is 101 Å². The van der Waals surface area contributed by atoms with Gasteiger partial charge in [0.05, 0.1) is 5.75 Å². The first-order valence-electron chi connectivity index (χ1n) is 6.53. The number of unbranched alkanes of at least 4 members (excludes halogenated alkanes) is 2. The lowest BCUT2D eigenvalue weighted by Crippen LogP contribution is -2.31. The zero-order chi connectivity index (χ0) is 12.4. The quantitative estimate of drug-likeness (QED) is 0.647. The van der Waals surface area contributed by atoms with E-state index in [1.807, 2.05) is 6.92 Å². The van der Waals surface area contributed by atoms with Crippen molar-refractivity contribution < 1.29 is 8.42 Å². The highest BCUT2D eigenvalue weighted by atomic mass is 32.2. The second-order valence-electron chi connectivity index (χ2n) is 4.44. The van der Waals surface area contributed by atoms with Crippen LogP contribution < -0.4 is 4.72 Å². The van der Waals surface area contributed by atoms with Crippen LogP contribution in [-0.4, -0.2) is 20.7 Å². The Hall–Kier alpha value is -0.0900. The smallest absolute Gasteiger partial charge is 0.211 e. The van der Waals surface area contributed by atoms with Crippen LogP contribution in [0.4, 0.5) is 0 Å². The molecule has 1 atom stereocenters. The molecule has 0 saturated carbocycles. The fourth-order valence-corrected chi connectivity index (χ4v) is 2.90. The third kappa shape index (κ3) is 8.11. The van der Waals surface area contributed by atoms with Gasteiger partial charge in [-0.05, 0) is 18.8 Å². The molecule has 0 aliphatic heterocycles. The summed E-state index contributed by atoms with van der Waals surface area (Å²) < 4.78 is 25.9. The van der Waals surface area contributed by atoms with E-state index in [1.165, 1.54) is 12.8 Å². The Morgan fingerprint density at radius 1 is 1.06 bits per heavy atom. The van der Waals surface area contributed by atoms with Crippen LogP contribution in [0.2, 0.25) is 0 Å². The van der Waals surface area contributed by atoms with Gasteiger partial charge in [0.1, 0.15) is 0 Å². The van der Waals surface area contributed by atoms with Gasteiger partial charge in [-0.2, -0.15) is 0 Å². The normalized spacial score (nSPS) is 13.9. The highest BCUT2D eigenvalue weighted by Gasteiger charge is 2.12. The minimum atomic E-state index is -3.02. The third-order valence-electron chi connectivity index (χ3n) is 2.90. The molecule has 0 aromatic heterocycles. The maximum absolute atomic E-state index is 11.6. The average molecular weight is 249 g/mol. The molecule has 0 amide bonds. The van der Waals surface area contributed by atoms with E-state index in [0.29, 0.717) is 12.5 Å². The van der Waals surface area contributed by atoms with E-state index in [-0.39, 0.29) is 5.75 Å². The molecular formula is C12H27NO2S. The molecule has 16 heavy (non-hydrogen) atoms. The maximum Gasteiger partial charge on any atom is 0.211 e. The van der Waals surface area contributed by atoms with Gasteiger partial charge >= 0.3 is 0 Å². The molecule has 1 unspecified atom stereocenters. The summed E-state index contributed by atoms with van der Waals surface area (Å²) in [4.78, 5) is 0. The molecule has 0 rings (SSSR count). The second kappa shape index (κ2) is 8.99. The van der Waals surface area contributed by atoms with Crippen LogP contribution in [-0.2, 0) is 10.0 Å². The molecule has 3 nitrogen and oxygen atoms in total. The van der Waals surface area contributed by atoms with Crippen molar-refractivity contribution in [3.63, 3.8) is 0 Å². The minimum Gasteiger partial charge on any atom is -0.215 e. The van der Waals surface area contributed by atoms with Crippen LogP contribution in [0, 0.1) is 5.92 Å². The molecule has 0 aliphatic carbocycles. The number of nitrogens with one attached hydrogen (secondary N) is 1. The van der Waals surface area contributed by atoms with Crippen molar-refractivity contribution in [1.29, 1.82) is 0 Å². The van der Waals surface area contributed by atoms with Crippen molar-refractivity contribution in [1.82, 2.24) is 4.72 Å². The molecule has 0 spiro atoms. The second-order valence-corrected chi connectivity index (χ2v) is 6.36. The van der Waals surface area contributed by atoms with Crippen molar-refractivity contribution >= 4 is 10.0 Å². The lowest BCUT2D eigenvalue weighted by atomic mass is 10.00. The highest BCUT2D eigenvalue weighted by Crippen LogP contribution is 2.11. The van der Waals surface area contributed by atoms with E-state index < -0.39 is 10.0 Å². The summed E-state index contributed by atoms with van der Waals surface area (Å²) >= 11 is 0. The predicted octanol–water partition coefficient (Wildman–Crippen LogP) is 2.92. The van der Waals surface area contributed by atoms with Crippen molar-refractivity contribution in [2.45, 2.75) is 59.3 Å². The van der Waals surface area contributed by atoms with Gasteiger partial charge < -0.3 is 0 Å². The zero-order valence-corrected chi connectivity index (χ0v) is 11.8. The van der Waals surface area contributed by atoms with Gasteiger partial charge in [0.25, 0.3) is 0 Å². The molecule has 98 valence electrons. The van der Waals surface area contributed by atoms with Gasteiger partial charge in [0.2, 0.25) is 10.0 Å². The number of sulfonamides is 1. The summed E-state index contributed by atoms with van der Waals surface area (Å²) in [5.74, 6) is 0.768.